The van der Waals surface area contributed by atoms with Crippen LogP contribution in [0.3, 0.4) is 0 Å². The molecule has 3 aromatic rings. The van der Waals surface area contributed by atoms with Crippen molar-refractivity contribution in [1.82, 2.24) is 9.88 Å². The number of fused-ring (bicyclic) bond motifs is 1. The molecular weight excluding hydrogens is 454 g/mol. The van der Waals surface area contributed by atoms with Crippen molar-refractivity contribution in [2.45, 2.75) is 58.3 Å². The largest absolute Gasteiger partial charge is 0.466 e. The molecule has 36 heavy (non-hydrogen) atoms. The lowest BCUT2D eigenvalue weighted by Crippen LogP contribution is -2.46. The van der Waals surface area contributed by atoms with Crippen molar-refractivity contribution in [3.8, 4) is 5.88 Å². The van der Waals surface area contributed by atoms with E-state index in [-0.39, 0.29) is 24.5 Å². The summed E-state index contributed by atoms with van der Waals surface area (Å²) in [7, 11) is 0. The molecule has 0 aliphatic carbocycles. The first-order valence-electron chi connectivity index (χ1n) is 12.2. The number of esters is 1. The van der Waals surface area contributed by atoms with Gasteiger partial charge in [-0.1, -0.05) is 60.7 Å². The van der Waals surface area contributed by atoms with Crippen molar-refractivity contribution in [3.63, 3.8) is 0 Å². The second-order valence-corrected chi connectivity index (χ2v) is 10.0. The molecule has 2 atom stereocenters. The normalized spacial score (nSPS) is 14.9. The van der Waals surface area contributed by atoms with Crippen LogP contribution in [0.2, 0.25) is 0 Å². The standard InChI is InChI=1S/C29H33N3O4/c1-20(23-13-9-6-10-14-23)32(18-21-11-7-5-8-12-21)25(28(34)36-29(2,3)4)16-22-15-24-27(30-17-22)35-19-26(33)31-24/h5-15,17,20,25H,16,18-19H2,1-4H3,(H,31,33)/t20-,25+/m1/s1. The summed E-state index contributed by atoms with van der Waals surface area (Å²) in [6.07, 6.45) is 2.05. The quantitative estimate of drug-likeness (QED) is 0.454. The second kappa shape index (κ2) is 10.9. The van der Waals surface area contributed by atoms with Gasteiger partial charge in [0.25, 0.3) is 5.91 Å². The lowest BCUT2D eigenvalue weighted by molar-refractivity contribution is -0.162. The summed E-state index contributed by atoms with van der Waals surface area (Å²) >= 11 is 0. The number of aromatic nitrogens is 1. The Bertz CT molecular complexity index is 1190. The monoisotopic (exact) mass is 487 g/mol. The van der Waals surface area contributed by atoms with E-state index in [1.165, 1.54) is 0 Å². The van der Waals surface area contributed by atoms with E-state index in [0.717, 1.165) is 16.7 Å². The summed E-state index contributed by atoms with van der Waals surface area (Å²) in [4.78, 5) is 32.1. The highest BCUT2D eigenvalue weighted by Crippen LogP contribution is 2.30. The van der Waals surface area contributed by atoms with E-state index < -0.39 is 11.6 Å². The molecule has 0 radical (unpaired) electrons. The van der Waals surface area contributed by atoms with Crippen LogP contribution >= 0.6 is 0 Å². The molecule has 1 aliphatic rings. The van der Waals surface area contributed by atoms with E-state index in [0.29, 0.717) is 24.5 Å². The summed E-state index contributed by atoms with van der Waals surface area (Å²) in [6.45, 7) is 8.22. The number of amides is 1. The number of nitrogens with zero attached hydrogens (tertiary/aromatic N) is 2. The molecule has 0 bridgehead atoms. The maximum absolute atomic E-state index is 13.7. The van der Waals surface area contributed by atoms with Gasteiger partial charge in [0, 0.05) is 25.2 Å². The van der Waals surface area contributed by atoms with Crippen molar-refractivity contribution >= 4 is 17.6 Å². The van der Waals surface area contributed by atoms with Crippen LogP contribution in [-0.2, 0) is 27.3 Å². The van der Waals surface area contributed by atoms with Crippen LogP contribution in [0.1, 0.15) is 50.4 Å². The number of carbonyl (C=O) groups excluding carboxylic acids is 2. The van der Waals surface area contributed by atoms with Crippen LogP contribution in [0.5, 0.6) is 5.88 Å². The average molecular weight is 488 g/mol. The molecule has 0 saturated heterocycles. The molecule has 0 unspecified atom stereocenters. The van der Waals surface area contributed by atoms with Crippen molar-refractivity contribution < 1.29 is 19.1 Å². The Hall–Kier alpha value is -3.71. The van der Waals surface area contributed by atoms with Crippen LogP contribution in [0.4, 0.5) is 5.69 Å². The number of anilines is 1. The Morgan fingerprint density at radius 1 is 1.08 bits per heavy atom. The van der Waals surface area contributed by atoms with Crippen LogP contribution in [0.25, 0.3) is 0 Å². The van der Waals surface area contributed by atoms with Gasteiger partial charge in [0.1, 0.15) is 17.3 Å². The Kier molecular flexibility index (Phi) is 7.70. The molecule has 0 saturated carbocycles. The summed E-state index contributed by atoms with van der Waals surface area (Å²) in [5.41, 5.74) is 2.87. The fourth-order valence-corrected chi connectivity index (χ4v) is 4.30. The second-order valence-electron chi connectivity index (χ2n) is 10.0. The zero-order valence-electron chi connectivity index (χ0n) is 21.2. The van der Waals surface area contributed by atoms with Gasteiger partial charge in [0.15, 0.2) is 6.61 Å². The highest BCUT2D eigenvalue weighted by atomic mass is 16.6. The number of nitrogens with one attached hydrogen (secondary N) is 1. The predicted octanol–water partition coefficient (Wildman–Crippen LogP) is 4.93. The maximum atomic E-state index is 13.7. The molecule has 7 heteroatoms. The van der Waals surface area contributed by atoms with Crippen molar-refractivity contribution in [1.29, 1.82) is 0 Å². The zero-order chi connectivity index (χ0) is 25.7. The number of pyridine rings is 1. The number of benzene rings is 2. The van der Waals surface area contributed by atoms with Gasteiger partial charge in [-0.05, 0) is 50.5 Å². The minimum absolute atomic E-state index is 0.0562. The van der Waals surface area contributed by atoms with Crippen LogP contribution in [0.15, 0.2) is 72.9 Å². The average Bonchev–Trinajstić information content (AvgIpc) is 2.85. The molecule has 0 spiro atoms. The SMILES string of the molecule is C[C@H](c1ccccc1)N(Cc1ccccc1)[C@@H](Cc1cnc2c(c1)NC(=O)CO2)C(=O)OC(C)(C)C. The Morgan fingerprint density at radius 2 is 1.75 bits per heavy atom. The first-order chi connectivity index (χ1) is 17.2. The molecule has 7 nitrogen and oxygen atoms in total. The minimum atomic E-state index is -0.639. The topological polar surface area (TPSA) is 80.8 Å². The van der Waals surface area contributed by atoms with Gasteiger partial charge in [-0.2, -0.15) is 0 Å². The van der Waals surface area contributed by atoms with Gasteiger partial charge < -0.3 is 14.8 Å². The lowest BCUT2D eigenvalue weighted by Gasteiger charge is -2.37. The third kappa shape index (κ3) is 6.49. The number of rotatable bonds is 8. The highest BCUT2D eigenvalue weighted by Gasteiger charge is 2.34. The summed E-state index contributed by atoms with van der Waals surface area (Å²) in [5, 5.41) is 2.80. The Morgan fingerprint density at radius 3 is 2.42 bits per heavy atom. The molecule has 1 aromatic heterocycles. The molecule has 0 fully saturated rings. The van der Waals surface area contributed by atoms with Crippen LogP contribution < -0.4 is 10.1 Å². The number of hydrogen-bond donors (Lipinski definition) is 1. The fraction of sp³-hybridized carbons (Fsp3) is 0.345. The smallest absolute Gasteiger partial charge is 0.324 e. The number of ether oxygens (including phenoxy) is 2. The van der Waals surface area contributed by atoms with Gasteiger partial charge in [-0.15, -0.1) is 0 Å². The van der Waals surface area contributed by atoms with E-state index in [2.05, 4.69) is 46.4 Å². The number of carbonyl (C=O) groups is 2. The number of hydrogen-bond acceptors (Lipinski definition) is 6. The van der Waals surface area contributed by atoms with Crippen LogP contribution in [0, 0.1) is 0 Å². The van der Waals surface area contributed by atoms with E-state index in [9.17, 15) is 9.59 Å². The lowest BCUT2D eigenvalue weighted by atomic mass is 9.99. The molecule has 1 amide bonds. The van der Waals surface area contributed by atoms with Gasteiger partial charge in [-0.3, -0.25) is 14.5 Å². The van der Waals surface area contributed by atoms with E-state index in [1.807, 2.05) is 63.2 Å². The van der Waals surface area contributed by atoms with E-state index >= 15 is 0 Å². The third-order valence-corrected chi connectivity index (χ3v) is 6.02. The molecular formula is C29H33N3O4. The Balaban J connectivity index is 1.72. The molecule has 4 rings (SSSR count). The fourth-order valence-electron chi connectivity index (χ4n) is 4.30. The van der Waals surface area contributed by atoms with Gasteiger partial charge in [0.2, 0.25) is 5.88 Å². The van der Waals surface area contributed by atoms with Gasteiger partial charge >= 0.3 is 5.97 Å². The molecule has 1 N–H and O–H groups in total. The molecule has 1 aliphatic heterocycles. The summed E-state index contributed by atoms with van der Waals surface area (Å²) in [6, 6.07) is 21.4. The molecule has 2 aromatic carbocycles. The van der Waals surface area contributed by atoms with Gasteiger partial charge in [-0.25, -0.2) is 4.98 Å². The first kappa shape index (κ1) is 25.4. The van der Waals surface area contributed by atoms with Crippen molar-refractivity contribution in [3.05, 3.63) is 89.6 Å². The zero-order valence-corrected chi connectivity index (χ0v) is 21.2. The predicted molar refractivity (Wildman–Crippen MR) is 139 cm³/mol. The highest BCUT2D eigenvalue weighted by molar-refractivity contribution is 5.94. The van der Waals surface area contributed by atoms with Gasteiger partial charge in [0.05, 0.1) is 0 Å². The minimum Gasteiger partial charge on any atom is -0.466 e. The third-order valence-electron chi connectivity index (χ3n) is 6.02. The van der Waals surface area contributed by atoms with E-state index in [4.69, 9.17) is 9.47 Å². The van der Waals surface area contributed by atoms with E-state index in [1.54, 1.807) is 6.20 Å². The first-order valence-corrected chi connectivity index (χ1v) is 12.2. The summed E-state index contributed by atoms with van der Waals surface area (Å²) in [5.74, 6) is -0.154. The Labute approximate surface area is 212 Å². The summed E-state index contributed by atoms with van der Waals surface area (Å²) < 4.78 is 11.3. The molecule has 188 valence electrons. The maximum Gasteiger partial charge on any atom is 0.324 e. The molecule has 2 heterocycles. The van der Waals surface area contributed by atoms with Crippen molar-refractivity contribution in [2.75, 3.05) is 11.9 Å². The van der Waals surface area contributed by atoms with Crippen LogP contribution in [-0.4, -0.2) is 40.0 Å². The van der Waals surface area contributed by atoms with Crippen molar-refractivity contribution in [2.24, 2.45) is 0 Å².